The summed E-state index contributed by atoms with van der Waals surface area (Å²) in [6.45, 7) is 6.52. The molecule has 0 aliphatic heterocycles. The van der Waals surface area contributed by atoms with Crippen LogP contribution in [0.25, 0.3) is 0 Å². The minimum absolute atomic E-state index is 0.0627. The topological polar surface area (TPSA) is 78.9 Å². The molecule has 0 saturated heterocycles. The number of hydrogen-bond donors (Lipinski definition) is 0. The molecule has 15 heteroatoms. The highest BCUT2D eigenvalue weighted by atomic mass is 19.4. The van der Waals surface area contributed by atoms with E-state index in [0.29, 0.717) is 6.08 Å². The number of halogens is 9. The number of alkyl halides is 9. The monoisotopic (exact) mass is 450 g/mol. The lowest BCUT2D eigenvalue weighted by molar-refractivity contribution is -0.221. The Bertz CT molecular complexity index is 576. The third-order valence-corrected chi connectivity index (χ3v) is 1.93. The smallest absolute Gasteiger partial charge is 0.491 e. The Labute approximate surface area is 157 Å². The zero-order chi connectivity index (χ0) is 24.2. The zero-order valence-electron chi connectivity index (χ0n) is 15.1. The molecule has 0 aromatic rings. The molecule has 0 saturated carbocycles. The maximum absolute atomic E-state index is 11.5. The Morgan fingerprint density at radius 2 is 1.03 bits per heavy atom. The second kappa shape index (κ2) is 12.7. The van der Waals surface area contributed by atoms with Gasteiger partial charge in [0.15, 0.2) is 0 Å². The lowest BCUT2D eigenvalue weighted by atomic mass is 10.3. The Balaban J connectivity index is -0.000000383. The first-order chi connectivity index (χ1) is 12.7. The van der Waals surface area contributed by atoms with Crippen molar-refractivity contribution >= 4 is 17.7 Å². The van der Waals surface area contributed by atoms with E-state index in [-0.39, 0.29) is 5.76 Å². The van der Waals surface area contributed by atoms with Gasteiger partial charge in [-0.3, -0.25) is 4.79 Å². The van der Waals surface area contributed by atoms with E-state index in [4.69, 9.17) is 0 Å². The van der Waals surface area contributed by atoms with Crippen LogP contribution in [0.5, 0.6) is 0 Å². The van der Waals surface area contributed by atoms with Crippen LogP contribution in [0.1, 0.15) is 13.8 Å². The summed E-state index contributed by atoms with van der Waals surface area (Å²) in [5.41, 5.74) is 0. The van der Waals surface area contributed by atoms with Gasteiger partial charge in [-0.1, -0.05) is 6.58 Å². The number of ketones is 1. The van der Waals surface area contributed by atoms with Crippen LogP contribution < -0.4 is 0 Å². The van der Waals surface area contributed by atoms with Gasteiger partial charge in [0.1, 0.15) is 0 Å². The normalized spacial score (nSPS) is 11.7. The van der Waals surface area contributed by atoms with Crippen LogP contribution >= 0.6 is 0 Å². The first-order valence-corrected chi connectivity index (χ1v) is 6.63. The van der Waals surface area contributed by atoms with Gasteiger partial charge >= 0.3 is 30.5 Å². The van der Waals surface area contributed by atoms with Crippen molar-refractivity contribution in [3.05, 3.63) is 24.2 Å². The van der Waals surface area contributed by atoms with Crippen LogP contribution in [-0.4, -0.2) is 50.5 Å². The number of ether oxygens (including phenoxy) is 3. The predicted octanol–water partition coefficient (Wildman–Crippen LogP) is 4.02. The first-order valence-electron chi connectivity index (χ1n) is 6.63. The molecule has 0 radical (unpaired) electrons. The summed E-state index contributed by atoms with van der Waals surface area (Å²) in [6.07, 6.45) is -15.7. The molecule has 0 bridgehead atoms. The largest absolute Gasteiger partial charge is 0.502 e. The van der Waals surface area contributed by atoms with E-state index < -0.39 is 36.3 Å². The third kappa shape index (κ3) is 18.4. The summed E-state index contributed by atoms with van der Waals surface area (Å²) >= 11 is 0. The highest BCUT2D eigenvalue weighted by molar-refractivity contribution is 5.94. The number of methoxy groups -OCH3 is 2. The van der Waals surface area contributed by atoms with Crippen LogP contribution in [0.4, 0.5) is 39.5 Å². The zero-order valence-corrected chi connectivity index (χ0v) is 15.1. The van der Waals surface area contributed by atoms with Crippen molar-refractivity contribution in [2.45, 2.75) is 32.4 Å². The minimum atomic E-state index is -5.62. The van der Waals surface area contributed by atoms with E-state index in [1.807, 2.05) is 0 Å². The molecule has 0 atom stereocenters. The summed E-state index contributed by atoms with van der Waals surface area (Å²) in [4.78, 5) is 29.5. The molecule has 170 valence electrons. The maximum atomic E-state index is 11.5. The molecule has 0 fully saturated rings. The molecule has 0 unspecified atom stereocenters. The average Bonchev–Trinajstić information content (AvgIpc) is 2.52. The molecule has 0 heterocycles. The van der Waals surface area contributed by atoms with Crippen LogP contribution in [-0.2, 0) is 28.6 Å². The summed E-state index contributed by atoms with van der Waals surface area (Å²) in [5, 5.41) is 0. The third-order valence-electron chi connectivity index (χ3n) is 1.93. The molecule has 29 heavy (non-hydrogen) atoms. The molecule has 0 aromatic heterocycles. The Hall–Kier alpha value is -2.74. The number of carbonyl (C=O) groups is 3. The van der Waals surface area contributed by atoms with E-state index in [0.717, 1.165) is 5.76 Å². The average molecular weight is 450 g/mol. The molecule has 0 spiro atoms. The van der Waals surface area contributed by atoms with E-state index >= 15 is 0 Å². The van der Waals surface area contributed by atoms with Crippen molar-refractivity contribution in [1.82, 2.24) is 0 Å². The summed E-state index contributed by atoms with van der Waals surface area (Å²) in [6, 6.07) is 0. The Morgan fingerprint density at radius 1 is 0.724 bits per heavy atom. The fraction of sp³-hybridized carbons (Fsp3) is 0.500. The predicted molar refractivity (Wildman–Crippen MR) is 76.9 cm³/mol. The van der Waals surface area contributed by atoms with Gasteiger partial charge in [-0.15, -0.1) is 0 Å². The second-order valence-corrected chi connectivity index (χ2v) is 4.40. The standard InChI is InChI=1S/C6H7F3O2.C4F6O3.C4H8O/c1-4(11-2)3-5(10)6(7,8)9;5-3(6,7)1(11)13-2(12)4(8,9)10;1-4(2)5-3/h3H,1-2H3;;1H2,2-3H3/b4-3-;;. The highest BCUT2D eigenvalue weighted by Crippen LogP contribution is 2.21. The molecular formula is C14H15F9O6. The summed E-state index contributed by atoms with van der Waals surface area (Å²) < 4.78 is 113. The van der Waals surface area contributed by atoms with E-state index in [9.17, 15) is 53.9 Å². The van der Waals surface area contributed by atoms with E-state index in [1.54, 1.807) is 14.0 Å². The number of allylic oxidation sites excluding steroid dienone is 3. The second-order valence-electron chi connectivity index (χ2n) is 4.40. The molecule has 0 rings (SSSR count). The molecule has 0 aliphatic carbocycles. The maximum Gasteiger partial charge on any atom is 0.491 e. The van der Waals surface area contributed by atoms with Crippen LogP contribution in [0.15, 0.2) is 24.2 Å². The van der Waals surface area contributed by atoms with Crippen LogP contribution in [0.3, 0.4) is 0 Å². The Morgan fingerprint density at radius 3 is 1.21 bits per heavy atom. The molecule has 0 N–H and O–H groups in total. The van der Waals surface area contributed by atoms with Gasteiger partial charge in [0.25, 0.3) is 5.78 Å². The quantitative estimate of drug-likeness (QED) is 0.213. The number of esters is 2. The van der Waals surface area contributed by atoms with Gasteiger partial charge in [-0.2, -0.15) is 39.5 Å². The van der Waals surface area contributed by atoms with Crippen molar-refractivity contribution < 1.29 is 68.1 Å². The van der Waals surface area contributed by atoms with Crippen LogP contribution in [0.2, 0.25) is 0 Å². The van der Waals surface area contributed by atoms with Gasteiger partial charge in [-0.25, -0.2) is 9.59 Å². The number of rotatable bonds is 3. The number of carbonyl (C=O) groups excluding carboxylic acids is 3. The van der Waals surface area contributed by atoms with E-state index in [1.165, 1.54) is 14.0 Å². The summed E-state index contributed by atoms with van der Waals surface area (Å²) in [5.74, 6) is -7.61. The SMILES string of the molecule is C=C(C)OC.CO/C(C)=C\C(=O)C(F)(F)F.O=C(OC(=O)C(F)(F)F)C(F)(F)F. The van der Waals surface area contributed by atoms with Crippen molar-refractivity contribution in [1.29, 1.82) is 0 Å². The fourth-order valence-electron chi connectivity index (χ4n) is 0.525. The highest BCUT2D eigenvalue weighted by Gasteiger charge is 2.49. The fourth-order valence-corrected chi connectivity index (χ4v) is 0.525. The van der Waals surface area contributed by atoms with Gasteiger partial charge in [0, 0.05) is 6.08 Å². The van der Waals surface area contributed by atoms with Crippen molar-refractivity contribution in [3.63, 3.8) is 0 Å². The molecular weight excluding hydrogens is 435 g/mol. The van der Waals surface area contributed by atoms with Gasteiger partial charge < -0.3 is 14.2 Å². The summed E-state index contributed by atoms with van der Waals surface area (Å²) in [7, 11) is 2.79. The minimum Gasteiger partial charge on any atom is -0.502 e. The van der Waals surface area contributed by atoms with Crippen molar-refractivity contribution in [2.24, 2.45) is 0 Å². The Kier molecular flexibility index (Phi) is 13.5. The molecule has 6 nitrogen and oxygen atoms in total. The van der Waals surface area contributed by atoms with Gasteiger partial charge in [0.05, 0.1) is 25.7 Å². The molecule has 0 aliphatic rings. The molecule has 0 amide bonds. The lowest BCUT2D eigenvalue weighted by Crippen LogP contribution is -2.34. The first kappa shape index (κ1) is 31.0. The molecule has 0 aromatic carbocycles. The van der Waals surface area contributed by atoms with Crippen LogP contribution in [0, 0.1) is 0 Å². The van der Waals surface area contributed by atoms with E-state index in [2.05, 4.69) is 20.8 Å². The van der Waals surface area contributed by atoms with Crippen molar-refractivity contribution in [3.8, 4) is 0 Å². The van der Waals surface area contributed by atoms with Gasteiger partial charge in [0.2, 0.25) is 0 Å². The number of hydrogen-bond acceptors (Lipinski definition) is 6. The van der Waals surface area contributed by atoms with Gasteiger partial charge in [-0.05, 0) is 13.8 Å². The van der Waals surface area contributed by atoms with Crippen molar-refractivity contribution in [2.75, 3.05) is 14.2 Å². The lowest BCUT2D eigenvalue weighted by Gasteiger charge is -2.06.